The Labute approximate surface area is 92.9 Å². The van der Waals surface area contributed by atoms with Gasteiger partial charge in [0.1, 0.15) is 0 Å². The summed E-state index contributed by atoms with van der Waals surface area (Å²) in [4.78, 5) is 0. The number of aliphatic hydroxyl groups is 1. The third kappa shape index (κ3) is 2.19. The highest BCUT2D eigenvalue weighted by Crippen LogP contribution is 2.17. The zero-order valence-electron chi connectivity index (χ0n) is 8.10. The average molecular weight is 223 g/mol. The fraction of sp³-hybridized carbons (Fsp3) is 0.182. The van der Waals surface area contributed by atoms with E-state index in [1.807, 2.05) is 30.3 Å². The smallest absolute Gasteiger partial charge is 0.0838 e. The molecule has 0 aliphatic carbocycles. The first kappa shape index (κ1) is 10.2. The molecule has 2 aromatic rings. The summed E-state index contributed by atoms with van der Waals surface area (Å²) in [6, 6.07) is 9.73. The first-order chi connectivity index (χ1) is 7.31. The highest BCUT2D eigenvalue weighted by molar-refractivity contribution is 6.31. The number of halogens is 1. The number of benzene rings is 1. The fourth-order valence-corrected chi connectivity index (χ4v) is 1.60. The molecule has 78 valence electrons. The van der Waals surface area contributed by atoms with Crippen molar-refractivity contribution in [3.05, 3.63) is 47.2 Å². The van der Waals surface area contributed by atoms with Gasteiger partial charge in [0, 0.05) is 19.2 Å². The number of aromatic nitrogens is 2. The van der Waals surface area contributed by atoms with E-state index in [0.29, 0.717) is 11.4 Å². The molecule has 0 bridgehead atoms. The topological polar surface area (TPSA) is 38.1 Å². The molecule has 0 amide bonds. The number of nitrogens with zero attached hydrogens (tertiary/aromatic N) is 2. The number of aliphatic hydroxyl groups excluding tert-OH is 1. The Morgan fingerprint density at radius 3 is 2.67 bits per heavy atom. The molecule has 1 heterocycles. The van der Waals surface area contributed by atoms with Crippen molar-refractivity contribution in [2.75, 3.05) is 6.61 Å². The van der Waals surface area contributed by atoms with Crippen molar-refractivity contribution in [3.63, 3.8) is 0 Å². The van der Waals surface area contributed by atoms with Crippen LogP contribution in [0, 0.1) is 0 Å². The Balaban J connectivity index is 2.34. The molecule has 15 heavy (non-hydrogen) atoms. The molecule has 2 rings (SSSR count). The van der Waals surface area contributed by atoms with E-state index in [1.54, 1.807) is 10.9 Å². The van der Waals surface area contributed by atoms with Crippen molar-refractivity contribution in [3.8, 4) is 5.69 Å². The van der Waals surface area contributed by atoms with Crippen LogP contribution in [-0.2, 0) is 6.42 Å². The van der Waals surface area contributed by atoms with Crippen LogP contribution >= 0.6 is 11.6 Å². The first-order valence-corrected chi connectivity index (χ1v) is 5.09. The van der Waals surface area contributed by atoms with Crippen molar-refractivity contribution < 1.29 is 5.11 Å². The quantitative estimate of drug-likeness (QED) is 0.864. The van der Waals surface area contributed by atoms with Crippen LogP contribution in [0.5, 0.6) is 0 Å². The normalized spacial score (nSPS) is 10.5. The van der Waals surface area contributed by atoms with E-state index in [9.17, 15) is 0 Å². The van der Waals surface area contributed by atoms with Gasteiger partial charge in [-0.1, -0.05) is 29.8 Å². The van der Waals surface area contributed by atoms with E-state index in [4.69, 9.17) is 16.7 Å². The highest BCUT2D eigenvalue weighted by atomic mass is 35.5. The maximum atomic E-state index is 8.82. The van der Waals surface area contributed by atoms with Crippen LogP contribution in [-0.4, -0.2) is 21.5 Å². The number of rotatable bonds is 3. The van der Waals surface area contributed by atoms with Gasteiger partial charge in [-0.25, -0.2) is 4.68 Å². The molecule has 1 aromatic heterocycles. The number of para-hydroxylation sites is 1. The van der Waals surface area contributed by atoms with E-state index >= 15 is 0 Å². The van der Waals surface area contributed by atoms with Crippen molar-refractivity contribution in [2.24, 2.45) is 0 Å². The van der Waals surface area contributed by atoms with Gasteiger partial charge in [0.2, 0.25) is 0 Å². The van der Waals surface area contributed by atoms with Gasteiger partial charge in [-0.2, -0.15) is 5.10 Å². The predicted octanol–water partition coefficient (Wildman–Crippen LogP) is 2.06. The summed E-state index contributed by atoms with van der Waals surface area (Å²) in [7, 11) is 0. The Hall–Kier alpha value is -1.32. The lowest BCUT2D eigenvalue weighted by atomic mass is 10.3. The van der Waals surface area contributed by atoms with Crippen molar-refractivity contribution in [1.82, 2.24) is 9.78 Å². The number of hydrogen-bond donors (Lipinski definition) is 1. The molecule has 0 aliphatic rings. The van der Waals surface area contributed by atoms with Gasteiger partial charge in [0.15, 0.2) is 0 Å². The summed E-state index contributed by atoms with van der Waals surface area (Å²) >= 11 is 5.98. The van der Waals surface area contributed by atoms with Gasteiger partial charge in [0.25, 0.3) is 0 Å². The molecule has 0 spiro atoms. The molecule has 0 saturated heterocycles. The van der Waals surface area contributed by atoms with E-state index in [0.717, 1.165) is 11.4 Å². The van der Waals surface area contributed by atoms with Gasteiger partial charge in [0.05, 0.1) is 16.4 Å². The molecule has 0 aliphatic heterocycles. The summed E-state index contributed by atoms with van der Waals surface area (Å²) in [6.07, 6.45) is 2.24. The molecule has 1 aromatic carbocycles. The highest BCUT2D eigenvalue weighted by Gasteiger charge is 2.06. The molecular formula is C11H11ClN2O. The Bertz CT molecular complexity index is 439. The largest absolute Gasteiger partial charge is 0.396 e. The Morgan fingerprint density at radius 1 is 1.27 bits per heavy atom. The fourth-order valence-electron chi connectivity index (χ4n) is 1.38. The summed E-state index contributed by atoms with van der Waals surface area (Å²) in [5.41, 5.74) is 1.69. The molecule has 0 unspecified atom stereocenters. The lowest BCUT2D eigenvalue weighted by molar-refractivity contribution is 0.298. The van der Waals surface area contributed by atoms with Crippen LogP contribution in [0.3, 0.4) is 0 Å². The summed E-state index contributed by atoms with van der Waals surface area (Å²) < 4.78 is 1.72. The maximum absolute atomic E-state index is 8.82. The van der Waals surface area contributed by atoms with Crippen molar-refractivity contribution in [2.45, 2.75) is 6.42 Å². The number of hydrogen-bond acceptors (Lipinski definition) is 2. The molecule has 0 saturated carbocycles. The standard InChI is InChI=1S/C11H11ClN2O/c12-10-8-14(13-11(10)6-7-15)9-4-2-1-3-5-9/h1-5,8,15H,6-7H2. The Morgan fingerprint density at radius 2 is 2.00 bits per heavy atom. The van der Waals surface area contributed by atoms with Crippen molar-refractivity contribution >= 4 is 11.6 Å². The van der Waals surface area contributed by atoms with Crippen LogP contribution in [0.2, 0.25) is 5.02 Å². The average Bonchev–Trinajstić information content (AvgIpc) is 2.63. The minimum absolute atomic E-state index is 0.0610. The molecule has 0 atom stereocenters. The third-order valence-electron chi connectivity index (χ3n) is 2.11. The Kier molecular flexibility index (Phi) is 3.04. The minimum atomic E-state index is 0.0610. The molecule has 4 heteroatoms. The van der Waals surface area contributed by atoms with Crippen LogP contribution in [0.4, 0.5) is 0 Å². The second kappa shape index (κ2) is 4.47. The van der Waals surface area contributed by atoms with E-state index in [-0.39, 0.29) is 6.61 Å². The SMILES string of the molecule is OCCc1nn(-c2ccccc2)cc1Cl. The van der Waals surface area contributed by atoms with E-state index in [1.165, 1.54) is 0 Å². The van der Waals surface area contributed by atoms with Gasteiger partial charge < -0.3 is 5.11 Å². The monoisotopic (exact) mass is 222 g/mol. The van der Waals surface area contributed by atoms with Crippen LogP contribution < -0.4 is 0 Å². The van der Waals surface area contributed by atoms with Crippen LogP contribution in [0.25, 0.3) is 5.69 Å². The molecule has 3 nitrogen and oxygen atoms in total. The zero-order valence-corrected chi connectivity index (χ0v) is 8.85. The van der Waals surface area contributed by atoms with Crippen LogP contribution in [0.15, 0.2) is 36.5 Å². The zero-order chi connectivity index (χ0) is 10.7. The molecule has 0 radical (unpaired) electrons. The molecule has 0 fully saturated rings. The van der Waals surface area contributed by atoms with Gasteiger partial charge >= 0.3 is 0 Å². The lowest BCUT2D eigenvalue weighted by Gasteiger charge is -1.98. The third-order valence-corrected chi connectivity index (χ3v) is 2.42. The minimum Gasteiger partial charge on any atom is -0.396 e. The summed E-state index contributed by atoms with van der Waals surface area (Å²) in [5, 5.41) is 13.7. The molecule has 1 N–H and O–H groups in total. The summed E-state index contributed by atoms with van der Waals surface area (Å²) in [5.74, 6) is 0. The second-order valence-corrected chi connectivity index (χ2v) is 3.58. The first-order valence-electron chi connectivity index (χ1n) is 4.71. The van der Waals surface area contributed by atoms with Crippen LogP contribution in [0.1, 0.15) is 5.69 Å². The van der Waals surface area contributed by atoms with E-state index in [2.05, 4.69) is 5.10 Å². The molecular weight excluding hydrogens is 212 g/mol. The van der Waals surface area contributed by atoms with Gasteiger partial charge in [-0.05, 0) is 12.1 Å². The van der Waals surface area contributed by atoms with E-state index < -0.39 is 0 Å². The predicted molar refractivity (Wildman–Crippen MR) is 59.4 cm³/mol. The van der Waals surface area contributed by atoms with Gasteiger partial charge in [-0.3, -0.25) is 0 Å². The second-order valence-electron chi connectivity index (χ2n) is 3.18. The maximum Gasteiger partial charge on any atom is 0.0838 e. The van der Waals surface area contributed by atoms with Gasteiger partial charge in [-0.15, -0.1) is 0 Å². The summed E-state index contributed by atoms with van der Waals surface area (Å²) in [6.45, 7) is 0.0610. The lowest BCUT2D eigenvalue weighted by Crippen LogP contribution is -1.97. The van der Waals surface area contributed by atoms with Crippen molar-refractivity contribution in [1.29, 1.82) is 0 Å².